The van der Waals surface area contributed by atoms with Crippen molar-refractivity contribution in [3.05, 3.63) is 60.5 Å². The van der Waals surface area contributed by atoms with E-state index in [2.05, 4.69) is 15.5 Å². The van der Waals surface area contributed by atoms with Crippen molar-refractivity contribution in [3.63, 3.8) is 0 Å². The van der Waals surface area contributed by atoms with Gasteiger partial charge in [-0.1, -0.05) is 18.2 Å². The van der Waals surface area contributed by atoms with E-state index in [1.165, 1.54) is 0 Å². The normalized spacial score (nSPS) is 11.9. The fourth-order valence-electron chi connectivity index (χ4n) is 2.31. The summed E-state index contributed by atoms with van der Waals surface area (Å²) >= 11 is 0. The maximum absolute atomic E-state index is 5.77. The first kappa shape index (κ1) is 17.0. The predicted octanol–water partition coefficient (Wildman–Crippen LogP) is 3.93. The smallest absolute Gasteiger partial charge is 0.247 e. The second-order valence-corrected chi connectivity index (χ2v) is 5.54. The van der Waals surface area contributed by atoms with E-state index < -0.39 is 0 Å². The van der Waals surface area contributed by atoms with E-state index in [-0.39, 0.29) is 6.04 Å². The first-order chi connectivity index (χ1) is 12.3. The summed E-state index contributed by atoms with van der Waals surface area (Å²) in [7, 11) is 1.65. The molecule has 3 aromatic rings. The first-order valence-corrected chi connectivity index (χ1v) is 8.13. The molecule has 0 amide bonds. The van der Waals surface area contributed by atoms with E-state index >= 15 is 0 Å². The van der Waals surface area contributed by atoms with Crippen LogP contribution in [0.1, 0.15) is 18.9 Å². The Labute approximate surface area is 146 Å². The number of aromatic nitrogens is 2. The van der Waals surface area contributed by atoms with Gasteiger partial charge < -0.3 is 19.2 Å². The van der Waals surface area contributed by atoms with Gasteiger partial charge in [0.1, 0.15) is 18.4 Å². The number of nitrogens with one attached hydrogen (secondary N) is 1. The first-order valence-electron chi connectivity index (χ1n) is 8.13. The summed E-state index contributed by atoms with van der Waals surface area (Å²) in [6.07, 6.45) is 0. The van der Waals surface area contributed by atoms with Gasteiger partial charge in [0.05, 0.1) is 6.61 Å². The minimum atomic E-state index is -0.106. The molecule has 1 aromatic heterocycles. The SMILES string of the molecule is COCCOc1ccc(NC(C)c2nnc(-c3ccccc3)o2)cc1. The highest BCUT2D eigenvalue weighted by Gasteiger charge is 2.14. The van der Waals surface area contributed by atoms with Gasteiger partial charge in [-0.15, -0.1) is 10.2 Å². The highest BCUT2D eigenvalue weighted by Crippen LogP contribution is 2.24. The molecule has 1 heterocycles. The second kappa shape index (κ2) is 8.30. The van der Waals surface area contributed by atoms with E-state index in [0.29, 0.717) is 25.0 Å². The summed E-state index contributed by atoms with van der Waals surface area (Å²) in [4.78, 5) is 0. The highest BCUT2D eigenvalue weighted by molar-refractivity contribution is 5.52. The molecule has 6 nitrogen and oxygen atoms in total. The number of ether oxygens (including phenoxy) is 2. The van der Waals surface area contributed by atoms with E-state index in [1.54, 1.807) is 7.11 Å². The van der Waals surface area contributed by atoms with Crippen molar-refractivity contribution >= 4 is 5.69 Å². The molecule has 0 spiro atoms. The highest BCUT2D eigenvalue weighted by atomic mass is 16.5. The number of benzene rings is 2. The van der Waals surface area contributed by atoms with Gasteiger partial charge in [0.25, 0.3) is 0 Å². The van der Waals surface area contributed by atoms with Crippen LogP contribution in [0.15, 0.2) is 59.0 Å². The third-order valence-electron chi connectivity index (χ3n) is 3.63. The van der Waals surface area contributed by atoms with Crippen LogP contribution in [0, 0.1) is 0 Å². The van der Waals surface area contributed by atoms with Gasteiger partial charge in [-0.3, -0.25) is 0 Å². The minimum Gasteiger partial charge on any atom is -0.491 e. The Balaban J connectivity index is 1.60. The molecule has 130 valence electrons. The molecule has 0 fully saturated rings. The summed E-state index contributed by atoms with van der Waals surface area (Å²) in [5, 5.41) is 11.6. The average Bonchev–Trinajstić information content (AvgIpc) is 3.14. The second-order valence-electron chi connectivity index (χ2n) is 5.54. The quantitative estimate of drug-likeness (QED) is 0.627. The Morgan fingerprint density at radius 3 is 2.48 bits per heavy atom. The molecule has 3 rings (SSSR count). The van der Waals surface area contributed by atoms with Crippen molar-refractivity contribution in [2.24, 2.45) is 0 Å². The average molecular weight is 339 g/mol. The van der Waals surface area contributed by atoms with Crippen molar-refractivity contribution in [3.8, 4) is 17.2 Å². The molecule has 0 aliphatic carbocycles. The summed E-state index contributed by atoms with van der Waals surface area (Å²) in [5.74, 6) is 1.87. The predicted molar refractivity (Wildman–Crippen MR) is 95.6 cm³/mol. The lowest BCUT2D eigenvalue weighted by atomic mass is 10.2. The Morgan fingerprint density at radius 1 is 1.00 bits per heavy atom. The van der Waals surface area contributed by atoms with Crippen LogP contribution < -0.4 is 10.1 Å². The molecule has 0 aliphatic heterocycles. The zero-order valence-electron chi connectivity index (χ0n) is 14.3. The van der Waals surface area contributed by atoms with Crippen LogP contribution >= 0.6 is 0 Å². The lowest BCUT2D eigenvalue weighted by Gasteiger charge is -2.12. The largest absolute Gasteiger partial charge is 0.491 e. The summed E-state index contributed by atoms with van der Waals surface area (Å²) in [6.45, 7) is 3.08. The molecule has 0 saturated heterocycles. The van der Waals surface area contributed by atoms with Crippen LogP contribution in [-0.2, 0) is 4.74 Å². The van der Waals surface area contributed by atoms with Crippen LogP contribution in [0.4, 0.5) is 5.69 Å². The zero-order chi connectivity index (χ0) is 17.5. The standard InChI is InChI=1S/C19H21N3O3/c1-14(18-21-22-19(25-18)15-6-4-3-5-7-15)20-16-8-10-17(11-9-16)24-13-12-23-2/h3-11,14,20H,12-13H2,1-2H3. The van der Waals surface area contributed by atoms with Crippen LogP contribution in [0.3, 0.4) is 0 Å². The van der Waals surface area contributed by atoms with Gasteiger partial charge in [0, 0.05) is 18.4 Å². The molecule has 1 unspecified atom stereocenters. The number of hydrogen-bond acceptors (Lipinski definition) is 6. The molecule has 0 aliphatic rings. The lowest BCUT2D eigenvalue weighted by molar-refractivity contribution is 0.146. The zero-order valence-corrected chi connectivity index (χ0v) is 14.3. The molecule has 2 aromatic carbocycles. The molecule has 25 heavy (non-hydrogen) atoms. The van der Waals surface area contributed by atoms with Crippen LogP contribution in [-0.4, -0.2) is 30.5 Å². The van der Waals surface area contributed by atoms with Gasteiger partial charge in [0.2, 0.25) is 11.8 Å². The summed E-state index contributed by atoms with van der Waals surface area (Å²) < 4.78 is 16.3. The number of hydrogen-bond donors (Lipinski definition) is 1. The third-order valence-corrected chi connectivity index (χ3v) is 3.63. The van der Waals surface area contributed by atoms with Crippen molar-refractivity contribution < 1.29 is 13.9 Å². The Morgan fingerprint density at radius 2 is 1.76 bits per heavy atom. The number of nitrogens with zero attached hydrogens (tertiary/aromatic N) is 2. The Bertz CT molecular complexity index is 772. The molecular weight excluding hydrogens is 318 g/mol. The van der Waals surface area contributed by atoms with Crippen LogP contribution in [0.2, 0.25) is 0 Å². The Hall–Kier alpha value is -2.86. The van der Waals surface area contributed by atoms with E-state index in [9.17, 15) is 0 Å². The molecule has 0 radical (unpaired) electrons. The van der Waals surface area contributed by atoms with Gasteiger partial charge in [-0.2, -0.15) is 0 Å². The van der Waals surface area contributed by atoms with Gasteiger partial charge in [-0.25, -0.2) is 0 Å². The monoisotopic (exact) mass is 339 g/mol. The molecule has 1 atom stereocenters. The van der Waals surface area contributed by atoms with Crippen molar-refractivity contribution in [1.29, 1.82) is 0 Å². The van der Waals surface area contributed by atoms with Gasteiger partial charge >= 0.3 is 0 Å². The van der Waals surface area contributed by atoms with Crippen molar-refractivity contribution in [2.75, 3.05) is 25.6 Å². The Kier molecular flexibility index (Phi) is 5.64. The summed E-state index contributed by atoms with van der Waals surface area (Å²) in [6, 6.07) is 17.3. The van der Waals surface area contributed by atoms with Crippen molar-refractivity contribution in [1.82, 2.24) is 10.2 Å². The molecule has 0 bridgehead atoms. The minimum absolute atomic E-state index is 0.106. The lowest BCUT2D eigenvalue weighted by Crippen LogP contribution is -2.07. The molecular formula is C19H21N3O3. The molecule has 1 N–H and O–H groups in total. The maximum Gasteiger partial charge on any atom is 0.247 e. The van der Waals surface area contributed by atoms with Gasteiger partial charge in [-0.05, 0) is 43.3 Å². The fourth-order valence-corrected chi connectivity index (χ4v) is 2.31. The van der Waals surface area contributed by atoms with E-state index in [4.69, 9.17) is 13.9 Å². The third kappa shape index (κ3) is 4.58. The number of anilines is 1. The van der Waals surface area contributed by atoms with E-state index in [1.807, 2.05) is 61.5 Å². The fraction of sp³-hybridized carbons (Fsp3) is 0.263. The van der Waals surface area contributed by atoms with Crippen LogP contribution in [0.5, 0.6) is 5.75 Å². The molecule has 6 heteroatoms. The van der Waals surface area contributed by atoms with Gasteiger partial charge in [0.15, 0.2) is 0 Å². The van der Waals surface area contributed by atoms with E-state index in [0.717, 1.165) is 17.0 Å². The van der Waals surface area contributed by atoms with Crippen LogP contribution in [0.25, 0.3) is 11.5 Å². The topological polar surface area (TPSA) is 69.4 Å². The molecule has 0 saturated carbocycles. The number of rotatable bonds is 8. The summed E-state index contributed by atoms with van der Waals surface area (Å²) in [5.41, 5.74) is 1.86. The number of methoxy groups -OCH3 is 1. The van der Waals surface area contributed by atoms with Crippen molar-refractivity contribution in [2.45, 2.75) is 13.0 Å². The maximum atomic E-state index is 5.77.